The van der Waals surface area contributed by atoms with Crippen molar-refractivity contribution in [3.63, 3.8) is 0 Å². The number of benzene rings is 1. The third-order valence-electron chi connectivity index (χ3n) is 10.6. The van der Waals surface area contributed by atoms with Crippen molar-refractivity contribution in [2.24, 2.45) is 40.2 Å². The number of nitrogens with one attached hydrogen (secondary N) is 3. The molecule has 0 spiro atoms. The Morgan fingerprint density at radius 3 is 2.14 bits per heavy atom. The van der Waals surface area contributed by atoms with Crippen molar-refractivity contribution < 1.29 is 32.4 Å². The van der Waals surface area contributed by atoms with Gasteiger partial charge in [0.1, 0.15) is 12.1 Å². The molecule has 1 aliphatic heterocycles. The standard InChI is InChI=1S/C36H56N6O7S/c1-21(2)18-36(8,20-41(9)50(48,49)23-13-11-10-12-14-23)40-33(47)39-29(34(3,4)5)32(46)42-19-24-26(35(24,6)7)27(42)31(45)38-25(17-22-15-16-22)28(43)30(37)44/h10-14,21-22,24-27,29H,15-20H2,1-9H3,(H2,37,44)(H,38,45)(H2,39,40,47)/t24-,25?,26-,27-,29+,36?/m0/s1. The van der Waals surface area contributed by atoms with E-state index in [1.54, 1.807) is 25.1 Å². The number of fused-ring (bicyclic) bond motifs is 1. The molecule has 278 valence electrons. The molecule has 0 bridgehead atoms. The first-order valence-corrected chi connectivity index (χ1v) is 19.0. The largest absolute Gasteiger partial charge is 0.363 e. The highest BCUT2D eigenvalue weighted by molar-refractivity contribution is 7.89. The number of amides is 5. The van der Waals surface area contributed by atoms with Gasteiger partial charge in [0.05, 0.1) is 16.5 Å². The van der Waals surface area contributed by atoms with E-state index in [1.807, 2.05) is 48.5 Å². The van der Waals surface area contributed by atoms with Crippen molar-refractivity contribution in [1.29, 1.82) is 0 Å². The highest BCUT2D eigenvalue weighted by Gasteiger charge is 2.70. The summed E-state index contributed by atoms with van der Waals surface area (Å²) in [6.45, 7) is 15.5. The van der Waals surface area contributed by atoms with Crippen LogP contribution in [0.2, 0.25) is 0 Å². The molecule has 4 rings (SSSR count). The summed E-state index contributed by atoms with van der Waals surface area (Å²) < 4.78 is 27.9. The van der Waals surface area contributed by atoms with E-state index in [2.05, 4.69) is 16.0 Å². The lowest BCUT2D eigenvalue weighted by Gasteiger charge is -2.39. The number of primary amides is 1. The number of nitrogens with two attached hydrogens (primary N) is 1. The number of ketones is 1. The number of sulfonamides is 1. The Morgan fingerprint density at radius 2 is 1.62 bits per heavy atom. The molecular formula is C36H56N6O7S. The second-order valence-electron chi connectivity index (χ2n) is 17.0. The fourth-order valence-electron chi connectivity index (χ4n) is 7.82. The summed E-state index contributed by atoms with van der Waals surface area (Å²) in [7, 11) is -2.37. The fourth-order valence-corrected chi connectivity index (χ4v) is 9.14. The van der Waals surface area contributed by atoms with Crippen molar-refractivity contribution in [1.82, 2.24) is 25.2 Å². The highest BCUT2D eigenvalue weighted by atomic mass is 32.2. The average Bonchev–Trinajstić information content (AvgIpc) is 3.85. The van der Waals surface area contributed by atoms with Crippen LogP contribution in [0.25, 0.3) is 0 Å². The number of carbonyl (C=O) groups is 5. The Labute approximate surface area is 296 Å². The first-order valence-electron chi connectivity index (χ1n) is 17.5. The summed E-state index contributed by atoms with van der Waals surface area (Å²) in [5, 5.41) is 8.61. The maximum atomic E-state index is 14.4. The van der Waals surface area contributed by atoms with Gasteiger partial charge in [0.15, 0.2) is 0 Å². The van der Waals surface area contributed by atoms with Crippen LogP contribution in [0.15, 0.2) is 35.2 Å². The Kier molecular flexibility index (Phi) is 11.2. The van der Waals surface area contributed by atoms with E-state index in [9.17, 15) is 32.4 Å². The topological polar surface area (TPSA) is 188 Å². The van der Waals surface area contributed by atoms with Crippen LogP contribution in [0.4, 0.5) is 4.79 Å². The molecule has 14 heteroatoms. The number of hydrogen-bond acceptors (Lipinski definition) is 7. The van der Waals surface area contributed by atoms with Gasteiger partial charge in [-0.25, -0.2) is 13.2 Å². The molecule has 13 nitrogen and oxygen atoms in total. The molecule has 1 aromatic rings. The van der Waals surface area contributed by atoms with E-state index in [-0.39, 0.29) is 40.5 Å². The Hall–Kier alpha value is -3.52. The Balaban J connectivity index is 1.54. The number of likely N-dealkylation sites (tertiary alicyclic amines) is 1. The molecule has 6 atom stereocenters. The van der Waals surface area contributed by atoms with Crippen LogP contribution >= 0.6 is 0 Å². The molecule has 3 fully saturated rings. The summed E-state index contributed by atoms with van der Waals surface area (Å²) in [5.74, 6) is -2.73. The summed E-state index contributed by atoms with van der Waals surface area (Å²) in [6.07, 6.45) is 2.57. The van der Waals surface area contributed by atoms with Crippen molar-refractivity contribution in [3.8, 4) is 0 Å². The smallest absolute Gasteiger partial charge is 0.315 e. The van der Waals surface area contributed by atoms with Crippen LogP contribution < -0.4 is 21.7 Å². The zero-order valence-corrected chi connectivity index (χ0v) is 31.7. The Morgan fingerprint density at radius 1 is 1.02 bits per heavy atom. The lowest BCUT2D eigenvalue weighted by atomic mass is 9.85. The van der Waals surface area contributed by atoms with Crippen molar-refractivity contribution in [2.75, 3.05) is 20.1 Å². The van der Waals surface area contributed by atoms with Crippen LogP contribution in [-0.4, -0.2) is 91.0 Å². The first-order chi connectivity index (χ1) is 23.0. The average molecular weight is 717 g/mol. The first kappa shape index (κ1) is 39.3. The lowest BCUT2D eigenvalue weighted by Crippen LogP contribution is -2.63. The maximum absolute atomic E-state index is 14.4. The second-order valence-corrected chi connectivity index (χ2v) is 19.0. The van der Waals surface area contributed by atoms with E-state index in [0.29, 0.717) is 19.4 Å². The van der Waals surface area contributed by atoms with Gasteiger partial charge in [-0.1, -0.05) is 79.5 Å². The molecule has 5 amide bonds. The second kappa shape index (κ2) is 14.2. The monoisotopic (exact) mass is 716 g/mol. The fraction of sp³-hybridized carbons (Fsp3) is 0.694. The van der Waals surface area contributed by atoms with Gasteiger partial charge < -0.3 is 26.6 Å². The predicted octanol–water partition coefficient (Wildman–Crippen LogP) is 2.65. The normalized spacial score (nSPS) is 23.7. The summed E-state index contributed by atoms with van der Waals surface area (Å²) in [5.41, 5.74) is 3.30. The molecule has 1 saturated heterocycles. The quantitative estimate of drug-likeness (QED) is 0.201. The van der Waals surface area contributed by atoms with Gasteiger partial charge in [0.2, 0.25) is 27.6 Å². The van der Waals surface area contributed by atoms with Gasteiger partial charge in [-0.05, 0) is 66.4 Å². The van der Waals surface area contributed by atoms with Crippen LogP contribution in [0.3, 0.4) is 0 Å². The van der Waals surface area contributed by atoms with Crippen molar-refractivity contribution in [3.05, 3.63) is 30.3 Å². The van der Waals surface area contributed by atoms with Gasteiger partial charge >= 0.3 is 6.03 Å². The van der Waals surface area contributed by atoms with Gasteiger partial charge in [-0.3, -0.25) is 19.2 Å². The predicted molar refractivity (Wildman–Crippen MR) is 189 cm³/mol. The summed E-state index contributed by atoms with van der Waals surface area (Å²) in [4.78, 5) is 68.2. The molecule has 2 aliphatic carbocycles. The summed E-state index contributed by atoms with van der Waals surface area (Å²) >= 11 is 0. The molecule has 0 aromatic heterocycles. The SMILES string of the molecule is CC(C)CC(C)(CN(C)S(=O)(=O)c1ccccc1)NC(=O)N[C@H](C(=O)N1C[C@H]2[C@@H]([C@H]1C(=O)NC(CC1CC1)C(=O)C(N)=O)C2(C)C)C(C)(C)C. The van der Waals surface area contributed by atoms with Crippen LogP contribution in [0.5, 0.6) is 0 Å². The van der Waals surface area contributed by atoms with Crippen LogP contribution in [0.1, 0.15) is 81.1 Å². The number of piperidine rings is 1. The van der Waals surface area contributed by atoms with E-state index >= 15 is 0 Å². The van der Waals surface area contributed by atoms with Crippen molar-refractivity contribution >= 4 is 39.6 Å². The number of hydrogen-bond donors (Lipinski definition) is 4. The minimum absolute atomic E-state index is 0.0250. The van der Waals surface area contributed by atoms with Crippen molar-refractivity contribution in [2.45, 2.75) is 110 Å². The number of likely N-dealkylation sites (N-methyl/N-ethyl adjacent to an activating group) is 1. The number of rotatable bonds is 15. The molecule has 3 aliphatic rings. The molecule has 1 heterocycles. The molecular weight excluding hydrogens is 660 g/mol. The van der Waals surface area contributed by atoms with Crippen LogP contribution in [0, 0.1) is 34.5 Å². The van der Waals surface area contributed by atoms with Crippen LogP contribution in [-0.2, 0) is 29.2 Å². The van der Waals surface area contributed by atoms with Gasteiger partial charge in [-0.15, -0.1) is 0 Å². The third kappa shape index (κ3) is 8.67. The minimum atomic E-state index is -3.85. The van der Waals surface area contributed by atoms with Gasteiger partial charge in [0, 0.05) is 20.1 Å². The highest BCUT2D eigenvalue weighted by Crippen LogP contribution is 2.65. The van der Waals surface area contributed by atoms with Gasteiger partial charge in [0.25, 0.3) is 5.91 Å². The third-order valence-corrected chi connectivity index (χ3v) is 12.4. The van der Waals surface area contributed by atoms with E-state index in [0.717, 1.165) is 12.8 Å². The molecule has 0 radical (unpaired) electrons. The van der Waals surface area contributed by atoms with E-state index in [4.69, 9.17) is 5.73 Å². The van der Waals surface area contributed by atoms with E-state index < -0.39 is 68.6 Å². The van der Waals surface area contributed by atoms with E-state index in [1.165, 1.54) is 28.4 Å². The Bertz CT molecular complexity index is 1590. The number of Topliss-reactive ketones (excluding diaryl/α,β-unsaturated/α-hetero) is 1. The minimum Gasteiger partial charge on any atom is -0.363 e. The van der Waals surface area contributed by atoms with Gasteiger partial charge in [-0.2, -0.15) is 4.31 Å². The number of carbonyl (C=O) groups excluding carboxylic acids is 5. The zero-order chi connectivity index (χ0) is 37.6. The zero-order valence-electron chi connectivity index (χ0n) is 30.9. The number of nitrogens with zero attached hydrogens (tertiary/aromatic N) is 2. The molecule has 2 saturated carbocycles. The molecule has 1 aromatic carbocycles. The molecule has 5 N–H and O–H groups in total. The lowest BCUT2D eigenvalue weighted by molar-refractivity contribution is -0.145. The molecule has 50 heavy (non-hydrogen) atoms. The summed E-state index contributed by atoms with van der Waals surface area (Å²) in [6, 6.07) is 4.41. The molecule has 2 unspecified atom stereocenters. The number of urea groups is 1. The maximum Gasteiger partial charge on any atom is 0.315 e.